The van der Waals surface area contributed by atoms with E-state index in [2.05, 4.69) is 60.1 Å². The maximum atomic E-state index is 14.6. The first-order valence-electron chi connectivity index (χ1n) is 43.1. The molecule has 6 aromatic heterocycles. The van der Waals surface area contributed by atoms with Crippen LogP contribution in [-0.4, -0.2) is 134 Å². The molecule has 14 aromatic rings. The third-order valence-corrected chi connectivity index (χ3v) is 28.1. The molecule has 707 valence electrons. The molecule has 11 unspecified atom stereocenters. The molecule has 9 aliphatic rings. The molecule has 6 heterocycles. The maximum absolute atomic E-state index is 14.6. The smallest absolute Gasteiger partial charge is 0.550 e. The zero-order valence-corrected chi connectivity index (χ0v) is 81.0. The van der Waals surface area contributed by atoms with Crippen molar-refractivity contribution in [1.82, 2.24) is 34.5 Å². The number of ether oxygens (including phenoxy) is 4. The molecule has 0 saturated carbocycles. The summed E-state index contributed by atoms with van der Waals surface area (Å²) in [5, 5.41) is 63.0. The van der Waals surface area contributed by atoms with E-state index in [0.29, 0.717) is 92.2 Å². The van der Waals surface area contributed by atoms with Crippen LogP contribution in [0.25, 0.3) is 50.0 Å². The molecule has 8 aromatic carbocycles. The summed E-state index contributed by atoms with van der Waals surface area (Å²) in [6, 6.07) is 55.3. The number of esters is 2. The van der Waals surface area contributed by atoms with Gasteiger partial charge in [0.15, 0.2) is 6.10 Å². The molecule has 11 atom stereocenters. The van der Waals surface area contributed by atoms with Crippen molar-refractivity contribution in [2.24, 2.45) is 23.7 Å². The minimum Gasteiger partial charge on any atom is -0.550 e. The monoisotopic (exact) mass is 2090 g/mol. The van der Waals surface area contributed by atoms with Crippen LogP contribution in [0.2, 0.25) is 0 Å². The Kier molecular flexibility index (Phi) is 32.2. The number of allylic oxidation sites excluding steroid dienone is 4. The standard InChI is InChI=1S/C81H59N7O12.C8H7F3O2S.2C8H7F3S.Eu.2Li/c1-38-26-40(3)87(85-38)80-82-65(83-81(84-80)88-41(4)27-39(2)86-88)25-24-45-54-31-59-58(66-46-16-7-8-17-47(46)67(59)64(35-100-37-90)63(66)34-99-36-89)30-53(54)44(55-32-61-62(33-56(45)55)71-51-21-12-11-20-50(51)70(61)74(78(95)97-5)75(71)79(96)98-6)23-22-42-14-13-15-43-28-57-60(29-52(42)43)69-49-19-10-9-18-48(49)68(57)72(76(91)92)73(69)77(93)94;9-8(10,11)7(13)4-5(12)6-2-1-3-14-6;2*9-8(10,11)5-1-3-7-4-2-6-12-7;;;/h7-21,26-33,36-37,66-75H,34-35H2,1-6H3,(H,91,92)(H,93,94);1-4,7,12-13H;2*1-2,4-6H,3H2;;;/q;;;;;2*+1/p-2. The topological polar surface area (TPSA) is 300 Å². The Hall–Kier alpha value is -12.1. The van der Waals surface area contributed by atoms with Crippen molar-refractivity contribution < 1.29 is 195 Å². The summed E-state index contributed by atoms with van der Waals surface area (Å²) in [4.78, 5) is 97.0. The van der Waals surface area contributed by atoms with E-state index in [9.17, 15) is 78.5 Å². The van der Waals surface area contributed by atoms with Gasteiger partial charge in [-0.15, -0.1) is 34.0 Å². The van der Waals surface area contributed by atoms with Crippen molar-refractivity contribution in [1.29, 1.82) is 0 Å². The van der Waals surface area contributed by atoms with E-state index >= 15 is 0 Å². The van der Waals surface area contributed by atoms with E-state index in [1.807, 2.05) is 166 Å². The van der Waals surface area contributed by atoms with Gasteiger partial charge in [-0.2, -0.15) is 64.7 Å². The van der Waals surface area contributed by atoms with Crippen LogP contribution >= 0.6 is 34.0 Å². The first-order valence-corrected chi connectivity index (χ1v) is 45.7. The first kappa shape index (κ1) is 105. The Labute approximate surface area is 877 Å². The maximum Gasteiger partial charge on any atom is 1.00 e. The first-order chi connectivity index (χ1) is 66.1. The fourth-order valence-electron chi connectivity index (χ4n) is 20.1. The van der Waals surface area contributed by atoms with Crippen LogP contribution in [0, 0.1) is 124 Å². The normalized spacial score (nSPS) is 18.7. The number of thiophene rings is 3. The molecule has 6 bridgehead atoms. The number of aliphatic carboxylic acids is 2. The van der Waals surface area contributed by atoms with E-state index in [-0.39, 0.29) is 135 Å². The van der Waals surface area contributed by atoms with Crippen molar-refractivity contribution >= 4 is 109 Å². The summed E-state index contributed by atoms with van der Waals surface area (Å²) >= 11 is 4.00. The number of hydrogen-bond donors (Lipinski definition) is 2. The van der Waals surface area contributed by atoms with Crippen LogP contribution in [-0.2, 0) is 60.6 Å². The summed E-state index contributed by atoms with van der Waals surface area (Å²) in [5.74, 6) is 1.26. The van der Waals surface area contributed by atoms with Gasteiger partial charge in [0.1, 0.15) is 19.0 Å². The molecule has 0 amide bonds. The Morgan fingerprint density at radius 1 is 0.468 bits per heavy atom. The minimum absolute atomic E-state index is 0. The summed E-state index contributed by atoms with van der Waals surface area (Å²) < 4.78 is 131. The second-order valence-corrected chi connectivity index (χ2v) is 36.5. The number of methoxy groups -OCH3 is 2. The number of nitrogens with zero attached hydrogens (tertiary/aromatic N) is 7. The number of aliphatic hydroxyl groups excluding tert-OH is 2. The van der Waals surface area contributed by atoms with Crippen molar-refractivity contribution in [2.45, 2.75) is 101 Å². The third-order valence-electron chi connectivity index (χ3n) is 25.4. The zero-order chi connectivity index (χ0) is 97.7. The summed E-state index contributed by atoms with van der Waals surface area (Å²) in [7, 11) is 2.64. The number of carbonyl (C=O) groups excluding carboxylic acids is 6. The van der Waals surface area contributed by atoms with Crippen molar-refractivity contribution in [3.63, 3.8) is 0 Å². The van der Waals surface area contributed by atoms with Crippen molar-refractivity contribution in [2.75, 3.05) is 27.4 Å². The van der Waals surface area contributed by atoms with Gasteiger partial charge in [-0.1, -0.05) is 139 Å². The number of hydrogen-bond acceptors (Lipinski definition) is 22. The van der Waals surface area contributed by atoms with Crippen molar-refractivity contribution in [3.05, 3.63) is 360 Å². The second-order valence-electron chi connectivity index (χ2n) is 33.5. The number of carboxylic acid groups (broad SMARTS) is 2. The molecule has 21 nitrogen and oxygen atoms in total. The number of fused-ring (bicyclic) bond motifs is 5. The molecule has 0 saturated heterocycles. The van der Waals surface area contributed by atoms with Crippen LogP contribution < -0.4 is 47.9 Å². The predicted molar refractivity (Wildman–Crippen MR) is 493 cm³/mol. The van der Waals surface area contributed by atoms with E-state index in [4.69, 9.17) is 54.3 Å². The Balaban J connectivity index is 0.000000321. The van der Waals surface area contributed by atoms with Gasteiger partial charge in [0, 0.05) is 171 Å². The van der Waals surface area contributed by atoms with E-state index in [0.717, 1.165) is 123 Å². The van der Waals surface area contributed by atoms with Gasteiger partial charge >= 0.3 is 68.2 Å². The molecule has 2 N–H and O–H groups in total. The number of aliphatic hydroxyl groups is 2. The molecule has 0 fully saturated rings. The van der Waals surface area contributed by atoms with Gasteiger partial charge in [0.25, 0.3) is 24.8 Å². The number of aromatic nitrogens is 7. The van der Waals surface area contributed by atoms with Crippen LogP contribution in [0.4, 0.5) is 39.5 Å². The molecule has 0 spiro atoms. The Morgan fingerprint density at radius 3 is 1.23 bits per heavy atom. The summed E-state index contributed by atoms with van der Waals surface area (Å²) in [6.07, 6.45) is -11.9. The van der Waals surface area contributed by atoms with Gasteiger partial charge in [0.2, 0.25) is 5.82 Å². The molecule has 23 rings (SSSR count). The SMILES string of the molecule is COC(=O)C1C2c3ccccc3C(c3cc4c(C#Cc5cccc6cc7c(cc56)C5c6ccccc6C7C(C(=O)[O-])C5C(=O)[O-])c5cc6c(cc5c(C#Cc5nc(-n7nc(C)cc7C)nc(-n7nc(C)cc7C)n5)c4cc32)C2C(COC=O)=C(COC=O)C6c3ccccc32)C1C(=O)OC.FC(F)(F)C=CCc1cccs1.FC(F)(F)C=CCc1cccs1.OC(=CC(O)C(F)(F)F)c1cccs1.[Eu].[Li+].[Li+]. The minimum atomic E-state index is -4.74. The number of carbonyl (C=O) groups is 6. The molecule has 141 heavy (non-hydrogen) atoms. The Bertz CT molecular complexity index is 7360. The number of halogens is 9. The van der Waals surface area contributed by atoms with Gasteiger partial charge in [-0.3, -0.25) is 19.2 Å². The van der Waals surface area contributed by atoms with E-state index in [1.54, 1.807) is 20.8 Å². The van der Waals surface area contributed by atoms with Gasteiger partial charge in [0.05, 0.1) is 42.3 Å². The van der Waals surface area contributed by atoms with E-state index in [1.165, 1.54) is 43.0 Å². The zero-order valence-electron chi connectivity index (χ0n) is 76.1. The molecule has 9 aliphatic carbocycles. The van der Waals surface area contributed by atoms with Crippen molar-refractivity contribution in [3.8, 4) is 35.6 Å². The molecular formula is C105H78EuF9Li2N7O14S3. The van der Waals surface area contributed by atoms with Crippen LogP contribution in [0.15, 0.2) is 234 Å². The van der Waals surface area contributed by atoms with Crippen LogP contribution in [0.3, 0.4) is 0 Å². The number of aryl methyl sites for hydroxylation is 4. The molecular weight excluding hydrogens is 2020 g/mol. The predicted octanol–water partition coefficient (Wildman–Crippen LogP) is 11.9. The summed E-state index contributed by atoms with van der Waals surface area (Å²) in [6.45, 7) is 8.18. The number of alkyl halides is 9. The Morgan fingerprint density at radius 2 is 0.858 bits per heavy atom. The van der Waals surface area contributed by atoms with Crippen LogP contribution in [0.5, 0.6) is 0 Å². The number of benzene rings is 8. The van der Waals surface area contributed by atoms with Crippen LogP contribution in [0.1, 0.15) is 162 Å². The summed E-state index contributed by atoms with van der Waals surface area (Å²) in [5.41, 5.74) is 15.9. The molecule has 36 heteroatoms. The van der Waals surface area contributed by atoms with Gasteiger partial charge in [-0.05, 0) is 233 Å². The number of rotatable bonds is 18. The number of carboxylic acids is 2. The van der Waals surface area contributed by atoms with Gasteiger partial charge < -0.3 is 49.0 Å². The largest absolute Gasteiger partial charge is 1.00 e. The fraction of sp³-hybridized carbons (Fsp3) is 0.229. The average molecular weight is 2090 g/mol. The fourth-order valence-corrected chi connectivity index (χ4v) is 22.1. The van der Waals surface area contributed by atoms with Gasteiger partial charge in [-0.25, -0.2) is 9.36 Å². The quantitative estimate of drug-likeness (QED) is 0.00928. The molecule has 1 radical (unpaired) electrons. The average Bonchev–Trinajstić information content (AvgIpc) is 0.865. The van der Waals surface area contributed by atoms with E-state index < -0.39 is 113 Å². The molecule has 0 aliphatic heterocycles. The third kappa shape index (κ3) is 21.1. The second kappa shape index (κ2) is 43.4.